The zero-order chi connectivity index (χ0) is 19.4. The van der Waals surface area contributed by atoms with Gasteiger partial charge in [-0.3, -0.25) is 9.59 Å². The van der Waals surface area contributed by atoms with Crippen molar-refractivity contribution >= 4 is 11.8 Å². The van der Waals surface area contributed by atoms with Crippen molar-refractivity contribution < 1.29 is 14.3 Å². The van der Waals surface area contributed by atoms with E-state index in [1.807, 2.05) is 6.08 Å². The molecule has 0 bridgehead atoms. The highest BCUT2D eigenvalue weighted by Gasteiger charge is 2.65. The Balaban J connectivity index is 1.67. The fourth-order valence-corrected chi connectivity index (χ4v) is 7.96. The molecule has 27 heavy (non-hydrogen) atoms. The summed E-state index contributed by atoms with van der Waals surface area (Å²) in [5.41, 5.74) is 1.50. The number of hydrogen-bond acceptors (Lipinski definition) is 3. The lowest BCUT2D eigenvalue weighted by molar-refractivity contribution is -0.184. The summed E-state index contributed by atoms with van der Waals surface area (Å²) in [5.74, 6) is 2.28. The summed E-state index contributed by atoms with van der Waals surface area (Å²) in [5, 5.41) is 0. The number of ether oxygens (including phenoxy) is 1. The van der Waals surface area contributed by atoms with Gasteiger partial charge >= 0.3 is 5.97 Å². The number of ketones is 1. The van der Waals surface area contributed by atoms with E-state index in [0.29, 0.717) is 23.5 Å². The fraction of sp³-hybridized carbons (Fsp3) is 0.833. The lowest BCUT2D eigenvalue weighted by atomic mass is 9.46. The van der Waals surface area contributed by atoms with Crippen molar-refractivity contribution in [3.8, 4) is 0 Å². The first-order valence-electron chi connectivity index (χ1n) is 11.2. The first-order valence-corrected chi connectivity index (χ1v) is 11.2. The lowest BCUT2D eigenvalue weighted by Crippen LogP contribution is -2.56. The van der Waals surface area contributed by atoms with Gasteiger partial charge in [0.1, 0.15) is 5.60 Å². The third kappa shape index (κ3) is 2.67. The van der Waals surface area contributed by atoms with Crippen LogP contribution in [0.2, 0.25) is 0 Å². The van der Waals surface area contributed by atoms with Crippen molar-refractivity contribution in [2.45, 2.75) is 97.5 Å². The van der Waals surface area contributed by atoms with Crippen molar-refractivity contribution in [3.05, 3.63) is 11.6 Å². The average Bonchev–Trinajstić information content (AvgIpc) is 2.88. The van der Waals surface area contributed by atoms with Crippen LogP contribution in [0.5, 0.6) is 0 Å². The molecule has 0 heterocycles. The van der Waals surface area contributed by atoms with Crippen molar-refractivity contribution in [1.29, 1.82) is 0 Å². The van der Waals surface area contributed by atoms with Crippen molar-refractivity contribution in [2.24, 2.45) is 28.6 Å². The van der Waals surface area contributed by atoms with E-state index in [1.54, 1.807) is 6.92 Å². The van der Waals surface area contributed by atoms with E-state index in [4.69, 9.17) is 4.74 Å². The van der Waals surface area contributed by atoms with E-state index >= 15 is 0 Å². The largest absolute Gasteiger partial charge is 0.459 e. The van der Waals surface area contributed by atoms with Crippen LogP contribution in [0.4, 0.5) is 0 Å². The van der Waals surface area contributed by atoms with Crippen LogP contribution < -0.4 is 0 Å². The molecule has 0 unspecified atom stereocenters. The minimum absolute atomic E-state index is 0.109. The maximum atomic E-state index is 12.0. The van der Waals surface area contributed by atoms with E-state index in [9.17, 15) is 9.59 Å². The standard InChI is InChI=1S/C24H36O3/c1-5-11-24(27-16(2)25)14-10-21-19-7-6-17-15-18(26)8-12-22(17,3)20(19)9-13-23(21,24)4/h15,19-21H,5-14H2,1-4H3/t19-,20+,21+,22+,23+,24+/m1/s1. The Labute approximate surface area is 164 Å². The summed E-state index contributed by atoms with van der Waals surface area (Å²) < 4.78 is 6.14. The number of hydrogen-bond donors (Lipinski definition) is 0. The van der Waals surface area contributed by atoms with Crippen LogP contribution in [-0.4, -0.2) is 17.4 Å². The molecule has 3 saturated carbocycles. The predicted molar refractivity (Wildman–Crippen MR) is 106 cm³/mol. The Bertz CT molecular complexity index is 679. The van der Waals surface area contributed by atoms with Crippen LogP contribution in [0.3, 0.4) is 0 Å². The summed E-state index contributed by atoms with van der Waals surface area (Å²) in [6.07, 6.45) is 12.7. The van der Waals surface area contributed by atoms with Gasteiger partial charge in [0, 0.05) is 18.8 Å². The lowest BCUT2D eigenvalue weighted by Gasteiger charge is -2.59. The van der Waals surface area contributed by atoms with Crippen LogP contribution in [0.1, 0.15) is 91.9 Å². The Morgan fingerprint density at radius 3 is 2.56 bits per heavy atom. The summed E-state index contributed by atoms with van der Waals surface area (Å²) in [4.78, 5) is 24.0. The average molecular weight is 373 g/mol. The second-order valence-electron chi connectivity index (χ2n) is 10.3. The molecule has 0 aromatic rings. The third-order valence-corrected chi connectivity index (χ3v) is 9.24. The number of esters is 1. The third-order valence-electron chi connectivity index (χ3n) is 9.24. The SMILES string of the molecule is CCC[C@]1(OC(C)=O)CC[C@H]2[C@@H]3CCC4=CC(=O)CC[C@]4(C)[C@H]3CC[C@@]21C. The molecular weight excluding hydrogens is 336 g/mol. The molecule has 0 aromatic carbocycles. The number of fused-ring (bicyclic) bond motifs is 5. The summed E-state index contributed by atoms with van der Waals surface area (Å²) >= 11 is 0. The molecule has 0 radical (unpaired) electrons. The molecule has 6 atom stereocenters. The first-order chi connectivity index (χ1) is 12.8. The van der Waals surface area contributed by atoms with Crippen LogP contribution in [-0.2, 0) is 14.3 Å². The van der Waals surface area contributed by atoms with Gasteiger partial charge in [-0.25, -0.2) is 0 Å². The predicted octanol–water partition coefficient (Wildman–Crippen LogP) is 5.62. The van der Waals surface area contributed by atoms with Crippen LogP contribution >= 0.6 is 0 Å². The molecular formula is C24H36O3. The Morgan fingerprint density at radius 1 is 1.11 bits per heavy atom. The molecule has 0 spiro atoms. The number of carbonyl (C=O) groups excluding carboxylic acids is 2. The second kappa shape index (κ2) is 6.46. The van der Waals surface area contributed by atoms with Gasteiger partial charge in [-0.1, -0.05) is 32.8 Å². The van der Waals surface area contributed by atoms with Gasteiger partial charge in [0.15, 0.2) is 5.78 Å². The van der Waals surface area contributed by atoms with E-state index in [2.05, 4.69) is 20.8 Å². The van der Waals surface area contributed by atoms with Gasteiger partial charge in [0.25, 0.3) is 0 Å². The highest BCUT2D eigenvalue weighted by molar-refractivity contribution is 5.91. The van der Waals surface area contributed by atoms with Gasteiger partial charge in [0.05, 0.1) is 0 Å². The van der Waals surface area contributed by atoms with Crippen molar-refractivity contribution in [3.63, 3.8) is 0 Å². The van der Waals surface area contributed by atoms with E-state index in [-0.39, 0.29) is 22.4 Å². The summed E-state index contributed by atoms with van der Waals surface area (Å²) in [6, 6.07) is 0. The maximum absolute atomic E-state index is 12.0. The smallest absolute Gasteiger partial charge is 0.303 e. The number of carbonyl (C=O) groups is 2. The van der Waals surface area contributed by atoms with Crippen molar-refractivity contribution in [2.75, 3.05) is 0 Å². The molecule has 3 nitrogen and oxygen atoms in total. The molecule has 4 rings (SSSR count). The molecule has 0 amide bonds. The molecule has 0 aliphatic heterocycles. The van der Waals surface area contributed by atoms with Crippen LogP contribution in [0.25, 0.3) is 0 Å². The summed E-state index contributed by atoms with van der Waals surface area (Å²) in [6.45, 7) is 8.66. The number of rotatable bonds is 3. The zero-order valence-electron chi connectivity index (χ0n) is 17.6. The van der Waals surface area contributed by atoms with E-state index in [0.717, 1.165) is 44.9 Å². The molecule has 0 saturated heterocycles. The quantitative estimate of drug-likeness (QED) is 0.604. The first kappa shape index (κ1) is 19.2. The Morgan fingerprint density at radius 2 is 1.85 bits per heavy atom. The molecule has 150 valence electrons. The monoisotopic (exact) mass is 372 g/mol. The molecule has 0 aromatic heterocycles. The second-order valence-corrected chi connectivity index (χ2v) is 10.3. The zero-order valence-corrected chi connectivity index (χ0v) is 17.6. The Kier molecular flexibility index (Phi) is 4.59. The molecule has 4 aliphatic carbocycles. The van der Waals surface area contributed by atoms with Gasteiger partial charge in [-0.15, -0.1) is 0 Å². The summed E-state index contributed by atoms with van der Waals surface area (Å²) in [7, 11) is 0. The Hall–Kier alpha value is -1.12. The molecule has 3 heteroatoms. The van der Waals surface area contributed by atoms with Gasteiger partial charge in [-0.05, 0) is 80.6 Å². The van der Waals surface area contributed by atoms with Gasteiger partial charge in [-0.2, -0.15) is 0 Å². The van der Waals surface area contributed by atoms with Gasteiger partial charge < -0.3 is 4.74 Å². The number of allylic oxidation sites excluding steroid dienone is 1. The maximum Gasteiger partial charge on any atom is 0.303 e. The van der Waals surface area contributed by atoms with E-state index in [1.165, 1.54) is 24.8 Å². The normalized spacial score (nSPS) is 46.1. The topological polar surface area (TPSA) is 43.4 Å². The van der Waals surface area contributed by atoms with Crippen LogP contribution in [0, 0.1) is 28.6 Å². The van der Waals surface area contributed by atoms with Crippen LogP contribution in [0.15, 0.2) is 11.6 Å². The van der Waals surface area contributed by atoms with E-state index < -0.39 is 0 Å². The molecule has 3 fully saturated rings. The van der Waals surface area contributed by atoms with Gasteiger partial charge in [0.2, 0.25) is 0 Å². The molecule has 0 N–H and O–H groups in total. The fourth-order valence-electron chi connectivity index (χ4n) is 7.96. The van der Waals surface area contributed by atoms with Crippen molar-refractivity contribution in [1.82, 2.24) is 0 Å². The highest BCUT2D eigenvalue weighted by Crippen LogP contribution is 2.68. The minimum atomic E-state index is -0.261. The minimum Gasteiger partial charge on any atom is -0.459 e. The molecule has 4 aliphatic rings. The highest BCUT2D eigenvalue weighted by atomic mass is 16.6.